The van der Waals surface area contributed by atoms with Crippen molar-refractivity contribution in [2.24, 2.45) is 5.92 Å². The number of aryl methyl sites for hydroxylation is 1. The summed E-state index contributed by atoms with van der Waals surface area (Å²) < 4.78 is 6.08. The van der Waals surface area contributed by atoms with Gasteiger partial charge in [-0.2, -0.15) is 0 Å². The minimum Gasteiger partial charge on any atom is -0.493 e. The lowest BCUT2D eigenvalue weighted by Gasteiger charge is -2.16. The molecule has 0 aliphatic carbocycles. The molecular weight excluding hydrogens is 298 g/mol. The molecule has 0 saturated heterocycles. The fraction of sp³-hybridized carbons (Fsp3) is 0.476. The first-order chi connectivity index (χ1) is 11.7. The van der Waals surface area contributed by atoms with Crippen molar-refractivity contribution >= 4 is 6.41 Å². The molecule has 3 heteroatoms. The normalized spacial score (nSPS) is 13.1. The van der Waals surface area contributed by atoms with Crippen LogP contribution in [0.5, 0.6) is 5.75 Å². The van der Waals surface area contributed by atoms with E-state index in [2.05, 4.69) is 56.4 Å². The Morgan fingerprint density at radius 2 is 2.12 bits per heavy atom. The summed E-state index contributed by atoms with van der Waals surface area (Å²) in [5.41, 5.74) is 3.82. The van der Waals surface area contributed by atoms with E-state index in [0.717, 1.165) is 37.0 Å². The van der Waals surface area contributed by atoms with E-state index in [0.29, 0.717) is 19.1 Å². The Morgan fingerprint density at radius 3 is 2.75 bits per heavy atom. The largest absolute Gasteiger partial charge is 0.493 e. The van der Waals surface area contributed by atoms with Crippen molar-refractivity contribution in [2.45, 2.75) is 47.0 Å². The predicted octanol–water partition coefficient (Wildman–Crippen LogP) is 4.46. The van der Waals surface area contributed by atoms with Crippen LogP contribution in [-0.4, -0.2) is 19.6 Å². The summed E-state index contributed by atoms with van der Waals surface area (Å²) in [7, 11) is 0. The number of ether oxygens (including phenoxy) is 1. The number of allylic oxidation sites excluding steroid dienone is 1. The van der Waals surface area contributed by atoms with Crippen LogP contribution in [0.15, 0.2) is 42.0 Å². The topological polar surface area (TPSA) is 38.3 Å². The first kappa shape index (κ1) is 20.0. The molecular formula is C21H31NO2. The lowest BCUT2D eigenvalue weighted by Crippen LogP contribution is -2.14. The molecule has 1 rings (SSSR count). The van der Waals surface area contributed by atoms with Gasteiger partial charge >= 0.3 is 0 Å². The van der Waals surface area contributed by atoms with Gasteiger partial charge in [0.25, 0.3) is 0 Å². The third-order valence-electron chi connectivity index (χ3n) is 4.00. The van der Waals surface area contributed by atoms with Crippen molar-refractivity contribution in [2.75, 3.05) is 13.2 Å². The molecule has 0 saturated carbocycles. The third-order valence-corrected chi connectivity index (χ3v) is 4.00. The second-order valence-electron chi connectivity index (χ2n) is 6.01. The molecule has 1 aromatic carbocycles. The molecule has 0 fully saturated rings. The van der Waals surface area contributed by atoms with Gasteiger partial charge in [0.1, 0.15) is 5.75 Å². The van der Waals surface area contributed by atoms with Crippen molar-refractivity contribution in [1.82, 2.24) is 5.32 Å². The zero-order valence-electron chi connectivity index (χ0n) is 15.5. The maximum absolute atomic E-state index is 10.4. The van der Waals surface area contributed by atoms with Crippen molar-refractivity contribution in [3.63, 3.8) is 0 Å². The van der Waals surface area contributed by atoms with Gasteiger partial charge in [-0.05, 0) is 42.5 Å². The van der Waals surface area contributed by atoms with E-state index in [1.807, 2.05) is 13.0 Å². The smallest absolute Gasteiger partial charge is 0.207 e. The summed E-state index contributed by atoms with van der Waals surface area (Å²) in [5, 5.41) is 2.68. The van der Waals surface area contributed by atoms with Crippen LogP contribution in [0.3, 0.4) is 0 Å². The Hall–Kier alpha value is -2.03. The lowest BCUT2D eigenvalue weighted by molar-refractivity contribution is -0.109. The molecule has 1 aromatic rings. The predicted molar refractivity (Wildman–Crippen MR) is 101 cm³/mol. The molecule has 1 amide bonds. The Balaban J connectivity index is 2.65. The highest BCUT2D eigenvalue weighted by molar-refractivity contribution is 5.47. The standard InChI is InChI=1S/C21H31NO2/c1-5-9-19-10-8-11-21(20(19)7-3)24-15-17(4)12-13-18(6-2)14-22-16-23/h6,8,10-13,16-17H,5,7,9,14-15H2,1-4H3,(H,22,23)/b13-12-,18-6+. The SMILES string of the molecule is C/C=C(\C=C/C(C)COc1cccc(CCC)c1CC)CNC=O. The van der Waals surface area contributed by atoms with Crippen LogP contribution in [0.1, 0.15) is 45.2 Å². The molecule has 1 N–H and O–H groups in total. The fourth-order valence-electron chi connectivity index (χ4n) is 2.63. The van der Waals surface area contributed by atoms with Crippen LogP contribution >= 0.6 is 0 Å². The Labute approximate surface area is 146 Å². The summed E-state index contributed by atoms with van der Waals surface area (Å²) in [6.07, 6.45) is 10.2. The Bertz CT molecular complexity index is 561. The monoisotopic (exact) mass is 329 g/mol. The van der Waals surface area contributed by atoms with E-state index in [1.54, 1.807) is 0 Å². The highest BCUT2D eigenvalue weighted by Crippen LogP contribution is 2.25. The van der Waals surface area contributed by atoms with Gasteiger partial charge in [0, 0.05) is 12.5 Å². The third kappa shape index (κ3) is 6.61. The highest BCUT2D eigenvalue weighted by atomic mass is 16.5. The van der Waals surface area contributed by atoms with Crippen LogP contribution in [0.25, 0.3) is 0 Å². The van der Waals surface area contributed by atoms with Crippen molar-refractivity contribution in [3.05, 3.63) is 53.1 Å². The number of hydrogen-bond donors (Lipinski definition) is 1. The van der Waals surface area contributed by atoms with Crippen LogP contribution in [0.2, 0.25) is 0 Å². The molecule has 0 radical (unpaired) electrons. The molecule has 0 aliphatic heterocycles. The Kier molecular flexibility index (Phi) is 9.59. The van der Waals surface area contributed by atoms with Crippen LogP contribution < -0.4 is 10.1 Å². The number of benzene rings is 1. The number of amides is 1. The van der Waals surface area contributed by atoms with Gasteiger partial charge in [0.2, 0.25) is 6.41 Å². The van der Waals surface area contributed by atoms with E-state index < -0.39 is 0 Å². The molecule has 0 bridgehead atoms. The first-order valence-electron chi connectivity index (χ1n) is 8.90. The number of carbonyl (C=O) groups is 1. The fourth-order valence-corrected chi connectivity index (χ4v) is 2.63. The molecule has 132 valence electrons. The number of hydrogen-bond acceptors (Lipinski definition) is 2. The zero-order chi connectivity index (χ0) is 17.8. The van der Waals surface area contributed by atoms with Crippen LogP contribution in [0.4, 0.5) is 0 Å². The second kappa shape index (κ2) is 11.5. The van der Waals surface area contributed by atoms with E-state index in [4.69, 9.17) is 4.74 Å². The molecule has 1 atom stereocenters. The Morgan fingerprint density at radius 1 is 1.33 bits per heavy atom. The minimum absolute atomic E-state index is 0.302. The minimum atomic E-state index is 0.302. The summed E-state index contributed by atoms with van der Waals surface area (Å²) >= 11 is 0. The lowest BCUT2D eigenvalue weighted by atomic mass is 10.0. The highest BCUT2D eigenvalue weighted by Gasteiger charge is 2.08. The quantitative estimate of drug-likeness (QED) is 0.481. The summed E-state index contributed by atoms with van der Waals surface area (Å²) in [6, 6.07) is 6.36. The maximum Gasteiger partial charge on any atom is 0.207 e. The molecule has 0 aliphatic rings. The second-order valence-corrected chi connectivity index (χ2v) is 6.01. The van der Waals surface area contributed by atoms with E-state index in [-0.39, 0.29) is 0 Å². The van der Waals surface area contributed by atoms with E-state index >= 15 is 0 Å². The van der Waals surface area contributed by atoms with Crippen molar-refractivity contribution in [1.29, 1.82) is 0 Å². The van der Waals surface area contributed by atoms with Gasteiger partial charge in [-0.25, -0.2) is 0 Å². The van der Waals surface area contributed by atoms with Gasteiger partial charge in [-0.3, -0.25) is 4.79 Å². The van der Waals surface area contributed by atoms with Gasteiger partial charge in [0.15, 0.2) is 0 Å². The van der Waals surface area contributed by atoms with Crippen LogP contribution in [0, 0.1) is 5.92 Å². The van der Waals surface area contributed by atoms with E-state index in [1.165, 1.54) is 11.1 Å². The molecule has 3 nitrogen and oxygen atoms in total. The summed E-state index contributed by atoms with van der Waals surface area (Å²) in [6.45, 7) is 9.71. The van der Waals surface area contributed by atoms with Gasteiger partial charge in [-0.15, -0.1) is 0 Å². The number of carbonyl (C=O) groups excluding carboxylic acids is 1. The van der Waals surface area contributed by atoms with E-state index in [9.17, 15) is 4.79 Å². The van der Waals surface area contributed by atoms with Crippen LogP contribution in [-0.2, 0) is 17.6 Å². The van der Waals surface area contributed by atoms with Crippen molar-refractivity contribution in [3.8, 4) is 5.75 Å². The first-order valence-corrected chi connectivity index (χ1v) is 8.90. The van der Waals surface area contributed by atoms with Gasteiger partial charge < -0.3 is 10.1 Å². The summed E-state index contributed by atoms with van der Waals surface area (Å²) in [4.78, 5) is 10.4. The molecule has 0 aromatic heterocycles. The van der Waals surface area contributed by atoms with Crippen molar-refractivity contribution < 1.29 is 9.53 Å². The molecule has 0 spiro atoms. The van der Waals surface area contributed by atoms with Gasteiger partial charge in [0.05, 0.1) is 6.61 Å². The molecule has 24 heavy (non-hydrogen) atoms. The molecule has 0 heterocycles. The number of nitrogens with one attached hydrogen (secondary N) is 1. The maximum atomic E-state index is 10.4. The average Bonchev–Trinajstić information content (AvgIpc) is 2.60. The van der Waals surface area contributed by atoms with Gasteiger partial charge in [-0.1, -0.05) is 57.6 Å². The molecule has 1 unspecified atom stereocenters. The zero-order valence-corrected chi connectivity index (χ0v) is 15.5. The number of rotatable bonds is 11. The average molecular weight is 329 g/mol. The summed E-state index contributed by atoms with van der Waals surface area (Å²) in [5.74, 6) is 1.31.